The van der Waals surface area contributed by atoms with Crippen LogP contribution in [0.1, 0.15) is 12.8 Å². The molecule has 0 radical (unpaired) electrons. The van der Waals surface area contributed by atoms with E-state index in [0.29, 0.717) is 0 Å². The average molecular weight is 310 g/mol. The van der Waals surface area contributed by atoms with Crippen LogP contribution in [0.5, 0.6) is 0 Å². The third-order valence-electron chi connectivity index (χ3n) is 1.21. The zero-order valence-electron chi connectivity index (χ0n) is 9.84. The third-order valence-corrected chi connectivity index (χ3v) is 1.21. The van der Waals surface area contributed by atoms with E-state index in [1.165, 1.54) is 0 Å². The summed E-state index contributed by atoms with van der Waals surface area (Å²) in [5.74, 6) is 0. The quantitative estimate of drug-likeness (QED) is 0.568. The Balaban J connectivity index is -0.000000143. The molecule has 0 N–H and O–H groups in total. The number of hydrogen-bond donors (Lipinski definition) is 0. The molecule has 0 amide bonds. The molecule has 0 aromatic rings. The predicted octanol–water partition coefficient (Wildman–Crippen LogP) is 1.16. The number of hydrogen-bond acceptors (Lipinski definition) is 2. The van der Waals surface area contributed by atoms with Gasteiger partial charge in [-0.15, -0.1) is 0 Å². The van der Waals surface area contributed by atoms with Crippen molar-refractivity contribution >= 4 is 48.9 Å². The van der Waals surface area contributed by atoms with Crippen LogP contribution in [0.2, 0.25) is 0 Å². The SMILES string of the molecule is [Ba+2].[CH2-]CCN(C)C.[CH2-]CCN(C)C. The largest absolute Gasteiger partial charge is 2.00 e. The molecule has 0 rings (SSSR count). The van der Waals surface area contributed by atoms with Gasteiger partial charge in [-0.25, -0.2) is 0 Å². The molecule has 76 valence electrons. The van der Waals surface area contributed by atoms with Crippen molar-refractivity contribution in [2.75, 3.05) is 41.3 Å². The van der Waals surface area contributed by atoms with Crippen LogP contribution < -0.4 is 0 Å². The van der Waals surface area contributed by atoms with E-state index in [9.17, 15) is 0 Å². The van der Waals surface area contributed by atoms with Crippen molar-refractivity contribution in [1.82, 2.24) is 9.80 Å². The summed E-state index contributed by atoms with van der Waals surface area (Å²) in [5.41, 5.74) is 0. The molecule has 0 spiro atoms. The van der Waals surface area contributed by atoms with Crippen LogP contribution in [0, 0.1) is 13.8 Å². The van der Waals surface area contributed by atoms with Gasteiger partial charge in [0.1, 0.15) is 0 Å². The Hall–Kier alpha value is 1.49. The Labute approximate surface area is 125 Å². The Bertz CT molecular complexity index is 65.3. The van der Waals surface area contributed by atoms with Crippen LogP contribution in [-0.4, -0.2) is 100.0 Å². The Morgan fingerprint density at radius 1 is 0.769 bits per heavy atom. The molecule has 0 atom stereocenters. The monoisotopic (exact) mass is 310 g/mol. The zero-order valence-corrected chi connectivity index (χ0v) is 14.3. The summed E-state index contributed by atoms with van der Waals surface area (Å²) < 4.78 is 0. The zero-order chi connectivity index (χ0) is 9.98. The van der Waals surface area contributed by atoms with Gasteiger partial charge in [0.25, 0.3) is 0 Å². The van der Waals surface area contributed by atoms with E-state index in [0.717, 1.165) is 25.9 Å². The Kier molecular flexibility index (Phi) is 24.5. The topological polar surface area (TPSA) is 6.48 Å². The van der Waals surface area contributed by atoms with Crippen LogP contribution in [0.4, 0.5) is 0 Å². The Morgan fingerprint density at radius 2 is 1.00 bits per heavy atom. The van der Waals surface area contributed by atoms with E-state index >= 15 is 0 Å². The van der Waals surface area contributed by atoms with E-state index in [4.69, 9.17) is 0 Å². The van der Waals surface area contributed by atoms with Gasteiger partial charge in [-0.05, 0) is 41.3 Å². The van der Waals surface area contributed by atoms with E-state index in [-0.39, 0.29) is 48.9 Å². The van der Waals surface area contributed by atoms with Crippen molar-refractivity contribution in [2.45, 2.75) is 12.8 Å². The molecule has 0 aromatic carbocycles. The van der Waals surface area contributed by atoms with Crippen molar-refractivity contribution in [2.24, 2.45) is 0 Å². The summed E-state index contributed by atoms with van der Waals surface area (Å²) in [6, 6.07) is 0. The molecule has 0 fully saturated rings. The van der Waals surface area contributed by atoms with Gasteiger partial charge in [-0.3, -0.25) is 0 Å². The van der Waals surface area contributed by atoms with Crippen molar-refractivity contribution in [3.63, 3.8) is 0 Å². The molecule has 13 heavy (non-hydrogen) atoms. The molecule has 0 heterocycles. The van der Waals surface area contributed by atoms with Crippen LogP contribution in [0.25, 0.3) is 0 Å². The average Bonchev–Trinajstić information content (AvgIpc) is 1.87. The second kappa shape index (κ2) is 15.9. The maximum Gasteiger partial charge on any atom is 2.00 e. The molecule has 0 aliphatic heterocycles. The molecule has 0 aliphatic carbocycles. The molecule has 0 aromatic heterocycles. The fourth-order valence-corrected chi connectivity index (χ4v) is 0.632. The molecular formula is C10H24BaN2. The van der Waals surface area contributed by atoms with Gasteiger partial charge in [0.15, 0.2) is 0 Å². The first-order chi connectivity index (χ1) is 5.54. The van der Waals surface area contributed by atoms with Crippen molar-refractivity contribution in [3.8, 4) is 0 Å². The molecule has 0 unspecified atom stereocenters. The standard InChI is InChI=1S/2C5H12N.Ba/c2*1-4-5-6(2)3;/h2*1,4-5H2,2-3H3;/q2*-1;+2. The summed E-state index contributed by atoms with van der Waals surface area (Å²) >= 11 is 0. The Morgan fingerprint density at radius 3 is 1.00 bits per heavy atom. The fraction of sp³-hybridized carbons (Fsp3) is 0.800. The second-order valence-corrected chi connectivity index (χ2v) is 3.31. The van der Waals surface area contributed by atoms with Crippen LogP contribution in [-0.2, 0) is 0 Å². The third kappa shape index (κ3) is 31.7. The second-order valence-electron chi connectivity index (χ2n) is 3.31. The van der Waals surface area contributed by atoms with Gasteiger partial charge in [0, 0.05) is 0 Å². The summed E-state index contributed by atoms with van der Waals surface area (Å²) in [5, 5.41) is 0. The minimum Gasteiger partial charge on any atom is -0.342 e. The first kappa shape index (κ1) is 20.0. The van der Waals surface area contributed by atoms with Crippen molar-refractivity contribution in [3.05, 3.63) is 13.8 Å². The summed E-state index contributed by atoms with van der Waals surface area (Å²) in [4.78, 5) is 4.24. The molecule has 0 saturated heterocycles. The van der Waals surface area contributed by atoms with Gasteiger partial charge in [-0.2, -0.15) is 12.8 Å². The van der Waals surface area contributed by atoms with Crippen LogP contribution in [0.15, 0.2) is 0 Å². The van der Waals surface area contributed by atoms with E-state index in [1.807, 2.05) is 28.2 Å². The molecule has 0 bridgehead atoms. The minimum absolute atomic E-state index is 0. The fourth-order valence-electron chi connectivity index (χ4n) is 0.632. The first-order valence-corrected chi connectivity index (χ1v) is 4.42. The van der Waals surface area contributed by atoms with Gasteiger partial charge >= 0.3 is 48.9 Å². The van der Waals surface area contributed by atoms with Crippen molar-refractivity contribution < 1.29 is 0 Å². The van der Waals surface area contributed by atoms with Gasteiger partial charge in [0.2, 0.25) is 0 Å². The van der Waals surface area contributed by atoms with E-state index in [1.54, 1.807) is 0 Å². The molecule has 0 saturated carbocycles. The van der Waals surface area contributed by atoms with E-state index in [2.05, 4.69) is 23.6 Å². The first-order valence-electron chi connectivity index (χ1n) is 4.42. The maximum absolute atomic E-state index is 3.68. The molecule has 2 nitrogen and oxygen atoms in total. The molecule has 0 aliphatic rings. The van der Waals surface area contributed by atoms with Crippen molar-refractivity contribution in [1.29, 1.82) is 0 Å². The normalized spacial score (nSPS) is 9.23. The predicted molar refractivity (Wildman–Crippen MR) is 62.8 cm³/mol. The number of rotatable bonds is 4. The molecular weight excluding hydrogens is 285 g/mol. The summed E-state index contributed by atoms with van der Waals surface area (Å²) in [7, 11) is 8.19. The van der Waals surface area contributed by atoms with Gasteiger partial charge in [-0.1, -0.05) is 0 Å². The van der Waals surface area contributed by atoms with Crippen LogP contribution in [0.3, 0.4) is 0 Å². The summed E-state index contributed by atoms with van der Waals surface area (Å²) in [6.07, 6.45) is 2.01. The minimum atomic E-state index is 0. The van der Waals surface area contributed by atoms with Crippen LogP contribution >= 0.6 is 0 Å². The van der Waals surface area contributed by atoms with Gasteiger partial charge < -0.3 is 23.6 Å². The molecule has 3 heteroatoms. The van der Waals surface area contributed by atoms with E-state index < -0.39 is 0 Å². The number of nitrogens with zero attached hydrogens (tertiary/aromatic N) is 2. The smallest absolute Gasteiger partial charge is 0.342 e. The maximum atomic E-state index is 3.68. The van der Waals surface area contributed by atoms with Gasteiger partial charge in [0.05, 0.1) is 0 Å². The summed E-state index contributed by atoms with van der Waals surface area (Å²) in [6.45, 7) is 9.56.